The van der Waals surface area contributed by atoms with E-state index in [2.05, 4.69) is 16.0 Å². The fourth-order valence-corrected chi connectivity index (χ4v) is 2.81. The number of carbonyl (C=O) groups excluding carboxylic acids is 4. The van der Waals surface area contributed by atoms with Gasteiger partial charge in [0, 0.05) is 18.5 Å². The number of rotatable bonds is 6. The molecule has 4 amide bonds. The highest BCUT2D eigenvalue weighted by Crippen LogP contribution is 2.29. The van der Waals surface area contributed by atoms with E-state index < -0.39 is 5.91 Å². The zero-order chi connectivity index (χ0) is 19.9. The maximum absolute atomic E-state index is 12.5. The smallest absolute Gasteiger partial charge is 0.244 e. The zero-order valence-electron chi connectivity index (χ0n) is 15.1. The summed E-state index contributed by atoms with van der Waals surface area (Å²) >= 11 is 0. The lowest BCUT2D eigenvalue weighted by atomic mass is 10.1. The van der Waals surface area contributed by atoms with Gasteiger partial charge < -0.3 is 20.9 Å². The molecule has 0 spiro atoms. The van der Waals surface area contributed by atoms with Gasteiger partial charge in [0.05, 0.1) is 17.9 Å². The van der Waals surface area contributed by atoms with Gasteiger partial charge in [-0.2, -0.15) is 0 Å². The monoisotopic (exact) mass is 380 g/mol. The molecule has 3 N–H and O–H groups in total. The van der Waals surface area contributed by atoms with Crippen LogP contribution in [0, 0.1) is 0 Å². The number of nitrogens with one attached hydrogen (secondary N) is 3. The predicted octanol–water partition coefficient (Wildman–Crippen LogP) is 1.51. The SMILES string of the molecule is O=C(CCC(=O)N1CC(=O)Nc2ccccc21)NCC(=O)Nc1ccccc1. The number of carbonyl (C=O) groups is 4. The summed E-state index contributed by atoms with van der Waals surface area (Å²) in [6.07, 6.45) is -0.133. The Labute approximate surface area is 161 Å². The summed E-state index contributed by atoms with van der Waals surface area (Å²) in [5, 5.41) is 7.85. The highest BCUT2D eigenvalue weighted by atomic mass is 16.2. The molecule has 1 aliphatic rings. The van der Waals surface area contributed by atoms with Crippen molar-refractivity contribution >= 4 is 40.7 Å². The largest absolute Gasteiger partial charge is 0.347 e. The number of hydrogen-bond acceptors (Lipinski definition) is 4. The van der Waals surface area contributed by atoms with Crippen LogP contribution < -0.4 is 20.9 Å². The molecule has 0 saturated carbocycles. The van der Waals surface area contributed by atoms with Crippen molar-refractivity contribution in [2.75, 3.05) is 28.6 Å². The second-order valence-electron chi connectivity index (χ2n) is 6.24. The second kappa shape index (κ2) is 8.81. The van der Waals surface area contributed by atoms with Crippen LogP contribution in [0.1, 0.15) is 12.8 Å². The van der Waals surface area contributed by atoms with E-state index >= 15 is 0 Å². The van der Waals surface area contributed by atoms with Gasteiger partial charge in [0.25, 0.3) is 0 Å². The fourth-order valence-electron chi connectivity index (χ4n) is 2.81. The fraction of sp³-hybridized carbons (Fsp3) is 0.200. The van der Waals surface area contributed by atoms with Crippen molar-refractivity contribution in [3.8, 4) is 0 Å². The van der Waals surface area contributed by atoms with Crippen molar-refractivity contribution in [1.82, 2.24) is 5.32 Å². The molecule has 0 saturated heterocycles. The number of amides is 4. The molecule has 0 radical (unpaired) electrons. The molecule has 0 aromatic heterocycles. The Kier molecular flexibility index (Phi) is 6.01. The van der Waals surface area contributed by atoms with Crippen molar-refractivity contribution in [3.05, 3.63) is 54.6 Å². The van der Waals surface area contributed by atoms with E-state index in [1.165, 1.54) is 4.90 Å². The topological polar surface area (TPSA) is 108 Å². The van der Waals surface area contributed by atoms with Gasteiger partial charge in [-0.15, -0.1) is 0 Å². The van der Waals surface area contributed by atoms with Crippen LogP contribution in [0.4, 0.5) is 17.1 Å². The van der Waals surface area contributed by atoms with E-state index in [-0.39, 0.29) is 43.7 Å². The standard InChI is InChI=1S/C20H20N4O4/c25-17(21-12-18(26)22-14-6-2-1-3-7-14)10-11-20(28)24-13-19(27)23-15-8-4-5-9-16(15)24/h1-9H,10-13H2,(H,21,25)(H,22,26)(H,23,27). The molecular formula is C20H20N4O4. The van der Waals surface area contributed by atoms with Gasteiger partial charge in [-0.1, -0.05) is 30.3 Å². The van der Waals surface area contributed by atoms with Crippen molar-refractivity contribution < 1.29 is 19.2 Å². The minimum Gasteiger partial charge on any atom is -0.347 e. The lowest BCUT2D eigenvalue weighted by Gasteiger charge is -2.29. The van der Waals surface area contributed by atoms with Gasteiger partial charge in [-0.25, -0.2) is 0 Å². The third-order valence-corrected chi connectivity index (χ3v) is 4.14. The maximum Gasteiger partial charge on any atom is 0.244 e. The van der Waals surface area contributed by atoms with Gasteiger partial charge in [0.1, 0.15) is 6.54 Å². The van der Waals surface area contributed by atoms with Gasteiger partial charge in [-0.05, 0) is 24.3 Å². The van der Waals surface area contributed by atoms with Crippen LogP contribution >= 0.6 is 0 Å². The first-order chi connectivity index (χ1) is 13.5. The number of anilines is 3. The van der Waals surface area contributed by atoms with Crippen LogP contribution in [0.25, 0.3) is 0 Å². The summed E-state index contributed by atoms with van der Waals surface area (Å²) in [5.74, 6) is -1.38. The van der Waals surface area contributed by atoms with E-state index in [0.29, 0.717) is 17.1 Å². The highest BCUT2D eigenvalue weighted by Gasteiger charge is 2.26. The van der Waals surface area contributed by atoms with E-state index in [4.69, 9.17) is 0 Å². The first kappa shape index (κ1) is 19.1. The molecular weight excluding hydrogens is 360 g/mol. The average Bonchev–Trinajstić information content (AvgIpc) is 2.70. The lowest BCUT2D eigenvalue weighted by molar-refractivity contribution is -0.126. The maximum atomic E-state index is 12.5. The molecule has 3 rings (SSSR count). The molecule has 28 heavy (non-hydrogen) atoms. The molecule has 8 heteroatoms. The molecule has 1 aliphatic heterocycles. The summed E-state index contributed by atoms with van der Waals surface area (Å²) < 4.78 is 0. The highest BCUT2D eigenvalue weighted by molar-refractivity contribution is 6.10. The van der Waals surface area contributed by atoms with Crippen LogP contribution in [0.2, 0.25) is 0 Å². The molecule has 8 nitrogen and oxygen atoms in total. The minimum absolute atomic E-state index is 0.0618. The summed E-state index contributed by atoms with van der Waals surface area (Å²) in [5.41, 5.74) is 1.81. The summed E-state index contributed by atoms with van der Waals surface area (Å²) in [6.45, 7) is -0.270. The van der Waals surface area contributed by atoms with Gasteiger partial charge >= 0.3 is 0 Å². The Morgan fingerprint density at radius 1 is 0.929 bits per heavy atom. The average molecular weight is 380 g/mol. The molecule has 1 heterocycles. The summed E-state index contributed by atoms with van der Waals surface area (Å²) in [7, 11) is 0. The Hall–Kier alpha value is -3.68. The van der Waals surface area contributed by atoms with E-state index in [0.717, 1.165) is 0 Å². The third-order valence-electron chi connectivity index (χ3n) is 4.14. The number of benzene rings is 2. The number of para-hydroxylation sites is 3. The molecule has 0 bridgehead atoms. The van der Waals surface area contributed by atoms with Crippen molar-refractivity contribution in [1.29, 1.82) is 0 Å². The second-order valence-corrected chi connectivity index (χ2v) is 6.24. The van der Waals surface area contributed by atoms with Crippen molar-refractivity contribution in [2.24, 2.45) is 0 Å². The molecule has 0 unspecified atom stereocenters. The molecule has 2 aromatic rings. The van der Waals surface area contributed by atoms with Gasteiger partial charge in [0.15, 0.2) is 0 Å². The number of nitrogens with zero attached hydrogens (tertiary/aromatic N) is 1. The summed E-state index contributed by atoms with van der Waals surface area (Å²) in [4.78, 5) is 49.4. The van der Waals surface area contributed by atoms with E-state index in [9.17, 15) is 19.2 Å². The van der Waals surface area contributed by atoms with E-state index in [1.54, 1.807) is 48.5 Å². The van der Waals surface area contributed by atoms with Gasteiger partial charge in [0.2, 0.25) is 23.6 Å². The normalized spacial score (nSPS) is 12.6. The first-order valence-corrected chi connectivity index (χ1v) is 8.84. The summed E-state index contributed by atoms with van der Waals surface area (Å²) in [6, 6.07) is 15.9. The van der Waals surface area contributed by atoms with Crippen LogP contribution in [0.3, 0.4) is 0 Å². The molecule has 0 aliphatic carbocycles. The quantitative estimate of drug-likeness (QED) is 0.706. The van der Waals surface area contributed by atoms with E-state index in [1.807, 2.05) is 6.07 Å². The lowest BCUT2D eigenvalue weighted by Crippen LogP contribution is -2.42. The van der Waals surface area contributed by atoms with Crippen molar-refractivity contribution in [2.45, 2.75) is 12.8 Å². The number of hydrogen-bond donors (Lipinski definition) is 3. The molecule has 0 atom stereocenters. The van der Waals surface area contributed by atoms with Crippen LogP contribution in [0.5, 0.6) is 0 Å². The Morgan fingerprint density at radius 3 is 2.43 bits per heavy atom. The van der Waals surface area contributed by atoms with Crippen molar-refractivity contribution in [3.63, 3.8) is 0 Å². The zero-order valence-corrected chi connectivity index (χ0v) is 15.1. The Bertz CT molecular complexity index is 898. The Morgan fingerprint density at radius 2 is 1.64 bits per heavy atom. The molecule has 0 fully saturated rings. The number of fused-ring (bicyclic) bond motifs is 1. The van der Waals surface area contributed by atoms with Crippen LogP contribution in [-0.2, 0) is 19.2 Å². The van der Waals surface area contributed by atoms with Gasteiger partial charge in [-0.3, -0.25) is 19.2 Å². The Balaban J connectivity index is 1.46. The predicted molar refractivity (Wildman–Crippen MR) is 105 cm³/mol. The van der Waals surface area contributed by atoms with Crippen LogP contribution in [0.15, 0.2) is 54.6 Å². The third kappa shape index (κ3) is 4.94. The molecule has 2 aromatic carbocycles. The van der Waals surface area contributed by atoms with Crippen LogP contribution in [-0.4, -0.2) is 36.7 Å². The minimum atomic E-state index is -0.411. The first-order valence-electron chi connectivity index (χ1n) is 8.84. The molecule has 144 valence electrons.